The number of rotatable bonds is 2. The van der Waals surface area contributed by atoms with Crippen molar-refractivity contribution in [2.45, 2.75) is 6.92 Å². The molecule has 0 bridgehead atoms. The summed E-state index contributed by atoms with van der Waals surface area (Å²) in [5.41, 5.74) is 4.10. The van der Waals surface area contributed by atoms with Crippen LogP contribution in [0.15, 0.2) is 30.6 Å². The Kier molecular flexibility index (Phi) is 3.10. The molecule has 0 N–H and O–H groups in total. The zero-order valence-electron chi connectivity index (χ0n) is 11.5. The number of hydrogen-bond donors (Lipinski definition) is 0. The molecule has 0 unspecified atom stereocenters. The van der Waals surface area contributed by atoms with E-state index in [-0.39, 0.29) is 5.28 Å². The minimum Gasteiger partial charge on any atom is -0.493 e. The number of ether oxygens (including phenoxy) is 1. The third-order valence-corrected chi connectivity index (χ3v) is 3.59. The van der Waals surface area contributed by atoms with Crippen LogP contribution in [0.5, 0.6) is 5.75 Å². The number of aromatic nitrogens is 3. The third-order valence-electron chi connectivity index (χ3n) is 3.40. The lowest BCUT2D eigenvalue weighted by Crippen LogP contribution is -1.93. The maximum atomic E-state index is 5.93. The highest BCUT2D eigenvalue weighted by Gasteiger charge is 2.16. The molecule has 5 heteroatoms. The fraction of sp³-hybridized carbons (Fsp3) is 0.200. The summed E-state index contributed by atoms with van der Waals surface area (Å²) in [6.07, 6.45) is 3.64. The molecule has 0 saturated heterocycles. The van der Waals surface area contributed by atoms with Crippen molar-refractivity contribution in [3.05, 3.63) is 41.4 Å². The summed E-state index contributed by atoms with van der Waals surface area (Å²) in [4.78, 5) is 8.29. The minimum atomic E-state index is 0.213. The van der Waals surface area contributed by atoms with Gasteiger partial charge in [-0.05, 0) is 24.1 Å². The first-order valence-corrected chi connectivity index (χ1v) is 6.61. The summed E-state index contributed by atoms with van der Waals surface area (Å²) in [6, 6.07) is 6.21. The fourth-order valence-corrected chi connectivity index (χ4v) is 2.69. The second-order valence-electron chi connectivity index (χ2n) is 4.68. The van der Waals surface area contributed by atoms with Gasteiger partial charge in [0.1, 0.15) is 5.69 Å². The second kappa shape index (κ2) is 4.80. The van der Waals surface area contributed by atoms with Gasteiger partial charge in [-0.3, -0.25) is 0 Å². The highest BCUT2D eigenvalue weighted by atomic mass is 35.5. The Hall–Kier alpha value is -2.07. The molecule has 4 nitrogen and oxygen atoms in total. The molecular formula is C15H14ClN3O. The van der Waals surface area contributed by atoms with Gasteiger partial charge in [-0.2, -0.15) is 0 Å². The molecule has 0 aliphatic heterocycles. The van der Waals surface area contributed by atoms with E-state index in [1.54, 1.807) is 13.3 Å². The largest absolute Gasteiger partial charge is 0.493 e. The molecule has 102 valence electrons. The Balaban J connectivity index is 2.36. The topological polar surface area (TPSA) is 39.9 Å². The van der Waals surface area contributed by atoms with Crippen LogP contribution in [0, 0.1) is 6.92 Å². The van der Waals surface area contributed by atoms with Crippen molar-refractivity contribution < 1.29 is 4.74 Å². The van der Waals surface area contributed by atoms with Gasteiger partial charge in [-0.1, -0.05) is 18.2 Å². The first-order chi connectivity index (χ1) is 9.61. The van der Waals surface area contributed by atoms with Crippen LogP contribution in [0.4, 0.5) is 0 Å². The van der Waals surface area contributed by atoms with E-state index in [4.69, 9.17) is 16.3 Å². The standard InChI is InChI=1S/C15H14ClN3O/c1-9-5-4-6-10-11(8-19(2)14(9)10)13-12(20-3)7-17-15(16)18-13/h4-8H,1-3H3. The normalized spacial score (nSPS) is 11.0. The Morgan fingerprint density at radius 1 is 1.30 bits per heavy atom. The quantitative estimate of drug-likeness (QED) is 0.676. The minimum absolute atomic E-state index is 0.213. The van der Waals surface area contributed by atoms with Crippen LogP contribution in [0.3, 0.4) is 0 Å². The first-order valence-electron chi connectivity index (χ1n) is 6.23. The SMILES string of the molecule is COc1cnc(Cl)nc1-c1cn(C)c2c(C)cccc12. The molecule has 0 aliphatic carbocycles. The number of fused-ring (bicyclic) bond motifs is 1. The van der Waals surface area contributed by atoms with Gasteiger partial charge < -0.3 is 9.30 Å². The molecule has 0 fully saturated rings. The molecule has 0 spiro atoms. The van der Waals surface area contributed by atoms with Gasteiger partial charge in [0, 0.05) is 24.2 Å². The lowest BCUT2D eigenvalue weighted by Gasteiger charge is -2.06. The smallest absolute Gasteiger partial charge is 0.223 e. The predicted octanol–water partition coefficient (Wildman–Crippen LogP) is 3.61. The number of benzene rings is 1. The van der Waals surface area contributed by atoms with E-state index in [1.165, 1.54) is 11.1 Å². The van der Waals surface area contributed by atoms with Gasteiger partial charge in [0.15, 0.2) is 5.75 Å². The van der Waals surface area contributed by atoms with E-state index >= 15 is 0 Å². The molecule has 0 atom stereocenters. The summed E-state index contributed by atoms with van der Waals surface area (Å²) in [5.74, 6) is 0.614. The monoisotopic (exact) mass is 287 g/mol. The van der Waals surface area contributed by atoms with Gasteiger partial charge >= 0.3 is 0 Å². The highest BCUT2D eigenvalue weighted by Crippen LogP contribution is 2.35. The maximum absolute atomic E-state index is 5.93. The van der Waals surface area contributed by atoms with Crippen molar-refractivity contribution >= 4 is 22.5 Å². The third kappa shape index (κ3) is 1.93. The van der Waals surface area contributed by atoms with Gasteiger partial charge in [-0.25, -0.2) is 9.97 Å². The van der Waals surface area contributed by atoms with Crippen LogP contribution >= 0.6 is 11.6 Å². The van der Waals surface area contributed by atoms with E-state index in [0.29, 0.717) is 11.4 Å². The zero-order valence-corrected chi connectivity index (χ0v) is 12.3. The Labute approximate surface area is 122 Å². The van der Waals surface area contributed by atoms with Gasteiger partial charge in [0.2, 0.25) is 5.28 Å². The van der Waals surface area contributed by atoms with E-state index in [9.17, 15) is 0 Å². The number of para-hydroxylation sites is 1. The molecule has 0 radical (unpaired) electrons. The molecule has 2 aromatic heterocycles. The first kappa shape index (κ1) is 12.9. The predicted molar refractivity (Wildman–Crippen MR) is 80.2 cm³/mol. The number of halogens is 1. The highest BCUT2D eigenvalue weighted by molar-refractivity contribution is 6.28. The molecular weight excluding hydrogens is 274 g/mol. The summed E-state index contributed by atoms with van der Waals surface area (Å²) in [5, 5.41) is 1.34. The number of hydrogen-bond acceptors (Lipinski definition) is 3. The van der Waals surface area contributed by atoms with Crippen LogP contribution in [0.25, 0.3) is 22.2 Å². The van der Waals surface area contributed by atoms with Crippen LogP contribution in [-0.4, -0.2) is 21.6 Å². The maximum Gasteiger partial charge on any atom is 0.223 e. The van der Waals surface area contributed by atoms with Crippen LogP contribution < -0.4 is 4.74 Å². The molecule has 1 aromatic carbocycles. The molecule has 0 amide bonds. The molecule has 2 heterocycles. The number of nitrogens with zero attached hydrogens (tertiary/aromatic N) is 3. The molecule has 0 saturated carbocycles. The molecule has 3 aromatic rings. The lowest BCUT2D eigenvalue weighted by molar-refractivity contribution is 0.412. The average molecular weight is 288 g/mol. The second-order valence-corrected chi connectivity index (χ2v) is 5.02. The van der Waals surface area contributed by atoms with E-state index < -0.39 is 0 Å². The van der Waals surface area contributed by atoms with Gasteiger partial charge in [-0.15, -0.1) is 0 Å². The summed E-state index contributed by atoms with van der Waals surface area (Å²) >= 11 is 5.93. The van der Waals surface area contributed by atoms with Crippen molar-refractivity contribution in [1.82, 2.24) is 14.5 Å². The van der Waals surface area contributed by atoms with Gasteiger partial charge in [0.25, 0.3) is 0 Å². The van der Waals surface area contributed by atoms with Gasteiger partial charge in [0.05, 0.1) is 18.8 Å². The van der Waals surface area contributed by atoms with E-state index in [0.717, 1.165) is 10.9 Å². The summed E-state index contributed by atoms with van der Waals surface area (Å²) < 4.78 is 7.44. The fourth-order valence-electron chi connectivity index (χ4n) is 2.55. The lowest BCUT2D eigenvalue weighted by atomic mass is 10.1. The molecule has 20 heavy (non-hydrogen) atoms. The van der Waals surface area contributed by atoms with Crippen molar-refractivity contribution in [2.24, 2.45) is 7.05 Å². The van der Waals surface area contributed by atoms with E-state index in [1.807, 2.05) is 19.3 Å². The average Bonchev–Trinajstić information content (AvgIpc) is 2.77. The Bertz CT molecular complexity index is 795. The van der Waals surface area contributed by atoms with Crippen LogP contribution in [0.1, 0.15) is 5.56 Å². The Morgan fingerprint density at radius 2 is 2.10 bits per heavy atom. The van der Waals surface area contributed by atoms with Crippen molar-refractivity contribution in [1.29, 1.82) is 0 Å². The summed E-state index contributed by atoms with van der Waals surface area (Å²) in [7, 11) is 3.63. The van der Waals surface area contributed by atoms with Crippen LogP contribution in [0.2, 0.25) is 5.28 Å². The van der Waals surface area contributed by atoms with Crippen molar-refractivity contribution in [2.75, 3.05) is 7.11 Å². The van der Waals surface area contributed by atoms with E-state index in [2.05, 4.69) is 33.6 Å². The van der Waals surface area contributed by atoms with Crippen molar-refractivity contribution in [3.8, 4) is 17.0 Å². The zero-order chi connectivity index (χ0) is 14.3. The molecule has 3 rings (SSSR count). The molecule has 0 aliphatic rings. The number of aryl methyl sites for hydroxylation is 2. The van der Waals surface area contributed by atoms with Crippen LogP contribution in [-0.2, 0) is 7.05 Å². The number of methoxy groups -OCH3 is 1. The summed E-state index contributed by atoms with van der Waals surface area (Å²) in [6.45, 7) is 2.09. The Morgan fingerprint density at radius 3 is 2.85 bits per heavy atom. The van der Waals surface area contributed by atoms with Crippen molar-refractivity contribution in [3.63, 3.8) is 0 Å².